The Balaban J connectivity index is 0.00000162. The molecule has 0 saturated carbocycles. The first-order valence-electron chi connectivity index (χ1n) is 6.06. The molecule has 2 fully saturated rings. The SMILES string of the molecule is Cl.O=S(=O)(CC1COCCO1)N1CCCNCC1. The molecule has 18 heavy (non-hydrogen) atoms. The quantitative estimate of drug-likeness (QED) is 0.757. The van der Waals surface area contributed by atoms with E-state index in [0.717, 1.165) is 19.5 Å². The molecule has 0 aromatic rings. The smallest absolute Gasteiger partial charge is 0.216 e. The molecule has 2 aliphatic heterocycles. The summed E-state index contributed by atoms with van der Waals surface area (Å²) in [6.45, 7) is 4.19. The number of nitrogens with zero attached hydrogens (tertiary/aromatic N) is 1. The maximum Gasteiger partial charge on any atom is 0.216 e. The van der Waals surface area contributed by atoms with Crippen LogP contribution in [-0.2, 0) is 19.5 Å². The number of sulfonamides is 1. The molecular formula is C10H21ClN2O4S. The van der Waals surface area contributed by atoms with Gasteiger partial charge in [0.1, 0.15) is 0 Å². The molecule has 0 radical (unpaired) electrons. The Morgan fingerprint density at radius 2 is 2.06 bits per heavy atom. The van der Waals surface area contributed by atoms with Gasteiger partial charge in [0.2, 0.25) is 10.0 Å². The van der Waals surface area contributed by atoms with Crippen molar-refractivity contribution in [1.82, 2.24) is 9.62 Å². The van der Waals surface area contributed by atoms with Crippen molar-refractivity contribution >= 4 is 22.4 Å². The van der Waals surface area contributed by atoms with Crippen molar-refractivity contribution in [1.29, 1.82) is 0 Å². The van der Waals surface area contributed by atoms with Gasteiger partial charge in [-0.2, -0.15) is 0 Å². The highest BCUT2D eigenvalue weighted by molar-refractivity contribution is 7.89. The largest absolute Gasteiger partial charge is 0.376 e. The van der Waals surface area contributed by atoms with Gasteiger partial charge in [0.25, 0.3) is 0 Å². The molecule has 0 aliphatic carbocycles. The topological polar surface area (TPSA) is 67.9 Å². The van der Waals surface area contributed by atoms with Crippen LogP contribution in [0.25, 0.3) is 0 Å². The summed E-state index contributed by atoms with van der Waals surface area (Å²) in [5.41, 5.74) is 0. The highest BCUT2D eigenvalue weighted by Gasteiger charge is 2.28. The van der Waals surface area contributed by atoms with Crippen LogP contribution in [0.15, 0.2) is 0 Å². The van der Waals surface area contributed by atoms with Gasteiger partial charge in [0.05, 0.1) is 31.7 Å². The first kappa shape index (κ1) is 16.1. The van der Waals surface area contributed by atoms with E-state index >= 15 is 0 Å². The summed E-state index contributed by atoms with van der Waals surface area (Å²) in [4.78, 5) is 0. The van der Waals surface area contributed by atoms with Crippen molar-refractivity contribution in [2.75, 3.05) is 51.8 Å². The van der Waals surface area contributed by atoms with Crippen molar-refractivity contribution in [3.05, 3.63) is 0 Å². The van der Waals surface area contributed by atoms with Gasteiger partial charge < -0.3 is 14.8 Å². The van der Waals surface area contributed by atoms with Crippen molar-refractivity contribution < 1.29 is 17.9 Å². The second kappa shape index (κ2) is 7.62. The van der Waals surface area contributed by atoms with Crippen LogP contribution in [0.3, 0.4) is 0 Å². The molecule has 0 aromatic carbocycles. The van der Waals surface area contributed by atoms with Gasteiger partial charge in [0, 0.05) is 19.6 Å². The second-order valence-electron chi connectivity index (χ2n) is 4.35. The molecule has 1 N–H and O–H groups in total. The fourth-order valence-corrected chi connectivity index (χ4v) is 3.72. The number of nitrogens with one attached hydrogen (secondary N) is 1. The molecule has 0 spiro atoms. The Bertz CT molecular complexity index is 325. The number of rotatable bonds is 3. The summed E-state index contributed by atoms with van der Waals surface area (Å²) < 4.78 is 36.5. The lowest BCUT2D eigenvalue weighted by atomic mass is 10.4. The van der Waals surface area contributed by atoms with Crippen molar-refractivity contribution in [2.45, 2.75) is 12.5 Å². The molecule has 1 atom stereocenters. The minimum atomic E-state index is -3.22. The maximum absolute atomic E-state index is 12.2. The predicted molar refractivity (Wildman–Crippen MR) is 70.7 cm³/mol. The van der Waals surface area contributed by atoms with Crippen LogP contribution in [-0.4, -0.2) is 70.6 Å². The summed E-state index contributed by atoms with van der Waals surface area (Å²) in [7, 11) is -3.22. The van der Waals surface area contributed by atoms with Crippen molar-refractivity contribution in [3.8, 4) is 0 Å². The Morgan fingerprint density at radius 3 is 2.78 bits per heavy atom. The number of halogens is 1. The zero-order valence-electron chi connectivity index (χ0n) is 10.3. The van der Waals surface area contributed by atoms with E-state index in [-0.39, 0.29) is 24.3 Å². The molecule has 6 nitrogen and oxygen atoms in total. The van der Waals surface area contributed by atoms with Crippen LogP contribution < -0.4 is 5.32 Å². The molecule has 2 heterocycles. The summed E-state index contributed by atoms with van der Waals surface area (Å²) in [6, 6.07) is 0. The first-order chi connectivity index (χ1) is 8.18. The van der Waals surface area contributed by atoms with Crippen molar-refractivity contribution in [3.63, 3.8) is 0 Å². The third-order valence-corrected chi connectivity index (χ3v) is 4.92. The number of hydrogen-bond acceptors (Lipinski definition) is 5. The normalized spacial score (nSPS) is 27.2. The highest BCUT2D eigenvalue weighted by atomic mass is 35.5. The molecule has 0 amide bonds. The molecule has 1 unspecified atom stereocenters. The van der Waals surface area contributed by atoms with Crippen molar-refractivity contribution in [2.24, 2.45) is 0 Å². The van der Waals surface area contributed by atoms with Gasteiger partial charge in [-0.3, -0.25) is 0 Å². The van der Waals surface area contributed by atoms with E-state index in [2.05, 4.69) is 5.32 Å². The lowest BCUT2D eigenvalue weighted by molar-refractivity contribution is -0.0785. The van der Waals surface area contributed by atoms with Crippen LogP contribution in [0.5, 0.6) is 0 Å². The fraction of sp³-hybridized carbons (Fsp3) is 1.00. The summed E-state index contributed by atoms with van der Waals surface area (Å²) in [6.07, 6.45) is 0.548. The van der Waals surface area contributed by atoms with E-state index < -0.39 is 10.0 Å². The molecule has 108 valence electrons. The molecule has 2 saturated heterocycles. The van der Waals surface area contributed by atoms with Crippen LogP contribution in [0.2, 0.25) is 0 Å². The average Bonchev–Trinajstić information content (AvgIpc) is 2.58. The lowest BCUT2D eigenvalue weighted by Gasteiger charge is -2.26. The van der Waals surface area contributed by atoms with Crippen LogP contribution in [0, 0.1) is 0 Å². The summed E-state index contributed by atoms with van der Waals surface area (Å²) >= 11 is 0. The summed E-state index contributed by atoms with van der Waals surface area (Å²) in [5.74, 6) is 0.0347. The van der Waals surface area contributed by atoms with E-state index in [1.54, 1.807) is 4.31 Å². The molecule has 0 bridgehead atoms. The van der Waals surface area contributed by atoms with Gasteiger partial charge in [-0.15, -0.1) is 12.4 Å². The van der Waals surface area contributed by atoms with Gasteiger partial charge in [-0.05, 0) is 13.0 Å². The van der Waals surface area contributed by atoms with E-state index in [4.69, 9.17) is 9.47 Å². The Kier molecular flexibility index (Phi) is 6.83. The van der Waals surface area contributed by atoms with E-state index in [1.165, 1.54) is 0 Å². The fourth-order valence-electron chi connectivity index (χ4n) is 2.07. The molecular weight excluding hydrogens is 280 g/mol. The molecule has 2 rings (SSSR count). The van der Waals surface area contributed by atoms with Gasteiger partial charge in [-0.1, -0.05) is 0 Å². The Hall–Kier alpha value is 0.0800. The monoisotopic (exact) mass is 300 g/mol. The molecule has 2 aliphatic rings. The third kappa shape index (κ3) is 4.64. The lowest BCUT2D eigenvalue weighted by Crippen LogP contribution is -2.42. The predicted octanol–water partition coefficient (Wildman–Crippen LogP) is -0.551. The first-order valence-corrected chi connectivity index (χ1v) is 7.67. The van der Waals surface area contributed by atoms with Crippen LogP contribution in [0.4, 0.5) is 0 Å². The molecule has 8 heteroatoms. The third-order valence-electron chi connectivity index (χ3n) is 2.97. The minimum Gasteiger partial charge on any atom is -0.376 e. The van der Waals surface area contributed by atoms with Gasteiger partial charge in [-0.25, -0.2) is 12.7 Å². The van der Waals surface area contributed by atoms with Gasteiger partial charge in [0.15, 0.2) is 0 Å². The highest BCUT2D eigenvalue weighted by Crippen LogP contribution is 2.10. The minimum absolute atomic E-state index is 0. The second-order valence-corrected chi connectivity index (χ2v) is 6.36. The zero-order chi connectivity index (χ0) is 12.1. The van der Waals surface area contributed by atoms with E-state index in [0.29, 0.717) is 32.9 Å². The number of hydrogen-bond donors (Lipinski definition) is 1. The summed E-state index contributed by atoms with van der Waals surface area (Å²) in [5, 5.41) is 3.19. The van der Waals surface area contributed by atoms with Gasteiger partial charge >= 0.3 is 0 Å². The Labute approximate surface area is 114 Å². The molecule has 0 aromatic heterocycles. The van der Waals surface area contributed by atoms with E-state index in [9.17, 15) is 8.42 Å². The zero-order valence-corrected chi connectivity index (χ0v) is 12.0. The maximum atomic E-state index is 12.2. The van der Waals surface area contributed by atoms with E-state index in [1.807, 2.05) is 0 Å². The van der Waals surface area contributed by atoms with Crippen LogP contribution >= 0.6 is 12.4 Å². The average molecular weight is 301 g/mol. The number of ether oxygens (including phenoxy) is 2. The Morgan fingerprint density at radius 1 is 1.22 bits per heavy atom. The standard InChI is InChI=1S/C10H20N2O4S.ClH/c13-17(14,9-10-8-15-6-7-16-10)12-4-1-2-11-3-5-12;/h10-11H,1-9H2;1H. The van der Waals surface area contributed by atoms with Crippen LogP contribution in [0.1, 0.15) is 6.42 Å².